The third-order valence-electron chi connectivity index (χ3n) is 2.57. The second kappa shape index (κ2) is 8.72. The number of anilines is 1. The number of hydrogen-bond donors (Lipinski definition) is 0. The number of pyridine rings is 1. The lowest BCUT2D eigenvalue weighted by atomic mass is 10.5. The van der Waals surface area contributed by atoms with Crippen molar-refractivity contribution in [1.82, 2.24) is 4.98 Å². The molecule has 1 heterocycles. The first-order valence-corrected chi connectivity index (χ1v) is 11.0. The van der Waals surface area contributed by atoms with Crippen molar-refractivity contribution in [1.29, 1.82) is 0 Å². The van der Waals surface area contributed by atoms with Crippen molar-refractivity contribution in [2.24, 2.45) is 0 Å². The molecule has 0 aliphatic heterocycles. The van der Waals surface area contributed by atoms with Crippen LogP contribution in [-0.4, -0.2) is 46.7 Å². The molecule has 0 amide bonds. The Morgan fingerprint density at radius 3 is 2.00 bits per heavy atom. The number of aromatic nitrogens is 1. The van der Waals surface area contributed by atoms with Gasteiger partial charge in [0, 0.05) is 9.77 Å². The minimum absolute atomic E-state index is 0.0931. The molecule has 1 rings (SSSR count). The van der Waals surface area contributed by atoms with E-state index in [1.807, 2.05) is 0 Å². The number of halogens is 4. The molecule has 132 valence electrons. The van der Waals surface area contributed by atoms with Gasteiger partial charge in [-0.25, -0.2) is 21.8 Å². The van der Waals surface area contributed by atoms with Gasteiger partial charge in [-0.2, -0.15) is 0 Å². The monoisotopic (exact) mass is 502 g/mol. The first-order chi connectivity index (χ1) is 10.7. The summed E-state index contributed by atoms with van der Waals surface area (Å²) >= 11 is 7.77. The summed E-state index contributed by atoms with van der Waals surface area (Å²) in [5.74, 6) is -1.96. The molecule has 0 aliphatic rings. The van der Waals surface area contributed by atoms with Crippen LogP contribution in [0.4, 0.5) is 14.6 Å². The Morgan fingerprint density at radius 1 is 1.09 bits per heavy atom. The van der Waals surface area contributed by atoms with E-state index in [1.165, 1.54) is 12.3 Å². The highest BCUT2D eigenvalue weighted by molar-refractivity contribution is 14.1. The van der Waals surface area contributed by atoms with Gasteiger partial charge < -0.3 is 0 Å². The van der Waals surface area contributed by atoms with Gasteiger partial charge in [0.2, 0.25) is 20.0 Å². The number of sulfonamides is 2. The molecule has 0 atom stereocenters. The fraction of sp³-hybridized carbons (Fsp3) is 0.545. The topological polar surface area (TPSA) is 84.4 Å². The SMILES string of the molecule is O=S(=O)(CCCF)N(c1nccc(I)c1Cl)S(=O)(=O)CCCF. The zero-order valence-electron chi connectivity index (χ0n) is 11.8. The van der Waals surface area contributed by atoms with Crippen LogP contribution in [0.25, 0.3) is 0 Å². The first kappa shape index (κ1) is 20.8. The third-order valence-corrected chi connectivity index (χ3v) is 8.49. The molecule has 0 saturated heterocycles. The van der Waals surface area contributed by atoms with Crippen molar-refractivity contribution in [2.45, 2.75) is 12.8 Å². The lowest BCUT2D eigenvalue weighted by Gasteiger charge is -2.23. The van der Waals surface area contributed by atoms with Crippen molar-refractivity contribution >= 4 is 60.1 Å². The van der Waals surface area contributed by atoms with Gasteiger partial charge in [-0.15, -0.1) is 3.71 Å². The molecule has 0 spiro atoms. The number of rotatable bonds is 9. The van der Waals surface area contributed by atoms with E-state index in [0.29, 0.717) is 3.57 Å². The van der Waals surface area contributed by atoms with E-state index < -0.39 is 50.7 Å². The van der Waals surface area contributed by atoms with Crippen LogP contribution in [0.3, 0.4) is 0 Å². The molecule has 0 bridgehead atoms. The summed E-state index contributed by atoms with van der Waals surface area (Å²) in [5.41, 5.74) is 0. The molecule has 0 radical (unpaired) electrons. The van der Waals surface area contributed by atoms with Crippen LogP contribution in [0.5, 0.6) is 0 Å². The summed E-state index contributed by atoms with van der Waals surface area (Å²) in [6.45, 7) is -1.85. The van der Waals surface area contributed by atoms with Crippen LogP contribution in [-0.2, 0) is 20.0 Å². The third kappa shape index (κ3) is 5.36. The van der Waals surface area contributed by atoms with E-state index in [0.717, 1.165) is 0 Å². The van der Waals surface area contributed by atoms with Crippen LogP contribution in [0.15, 0.2) is 12.3 Å². The second-order valence-electron chi connectivity index (χ2n) is 4.34. The molecule has 0 saturated carbocycles. The van der Waals surface area contributed by atoms with E-state index in [1.54, 1.807) is 22.6 Å². The van der Waals surface area contributed by atoms with Gasteiger partial charge in [0.05, 0.1) is 29.9 Å². The van der Waals surface area contributed by atoms with Crippen LogP contribution in [0.2, 0.25) is 5.02 Å². The average Bonchev–Trinajstić information content (AvgIpc) is 2.47. The molecule has 23 heavy (non-hydrogen) atoms. The largest absolute Gasteiger partial charge is 0.251 e. The van der Waals surface area contributed by atoms with Gasteiger partial charge in [0.25, 0.3) is 0 Å². The van der Waals surface area contributed by atoms with E-state index in [-0.39, 0.29) is 21.6 Å². The van der Waals surface area contributed by atoms with Crippen molar-refractivity contribution in [3.8, 4) is 0 Å². The maximum absolute atomic E-state index is 12.3. The normalized spacial score (nSPS) is 12.3. The van der Waals surface area contributed by atoms with Gasteiger partial charge in [-0.3, -0.25) is 8.78 Å². The van der Waals surface area contributed by atoms with E-state index in [9.17, 15) is 25.6 Å². The van der Waals surface area contributed by atoms with Gasteiger partial charge in [-0.05, 0) is 41.5 Å². The molecule has 1 aromatic rings. The Hall–Kier alpha value is -0.270. The summed E-state index contributed by atoms with van der Waals surface area (Å²) in [7, 11) is -8.86. The fourth-order valence-electron chi connectivity index (χ4n) is 1.61. The Bertz CT molecular complexity index is 708. The maximum Gasteiger partial charge on any atom is 0.249 e. The highest BCUT2D eigenvalue weighted by Gasteiger charge is 2.36. The minimum Gasteiger partial charge on any atom is -0.251 e. The van der Waals surface area contributed by atoms with E-state index >= 15 is 0 Å². The van der Waals surface area contributed by atoms with Crippen LogP contribution < -0.4 is 3.71 Å². The van der Waals surface area contributed by atoms with Gasteiger partial charge in [0.15, 0.2) is 5.82 Å². The maximum atomic E-state index is 12.3. The van der Waals surface area contributed by atoms with E-state index in [4.69, 9.17) is 11.6 Å². The molecular formula is C11H14ClF2IN2O4S2. The summed E-state index contributed by atoms with van der Waals surface area (Å²) in [5, 5.41) is -0.166. The zero-order valence-corrected chi connectivity index (χ0v) is 16.3. The quantitative estimate of drug-likeness (QED) is 0.485. The number of nitrogens with zero attached hydrogens (tertiary/aromatic N) is 2. The second-order valence-corrected chi connectivity index (χ2v) is 9.99. The Kier molecular flexibility index (Phi) is 7.87. The highest BCUT2D eigenvalue weighted by atomic mass is 127. The Balaban J connectivity index is 3.47. The lowest BCUT2D eigenvalue weighted by molar-refractivity contribution is 0.482. The van der Waals surface area contributed by atoms with Crippen LogP contribution in [0.1, 0.15) is 12.8 Å². The van der Waals surface area contributed by atoms with Crippen molar-refractivity contribution in [3.05, 3.63) is 20.9 Å². The van der Waals surface area contributed by atoms with Crippen LogP contribution >= 0.6 is 34.2 Å². The molecule has 6 nitrogen and oxygen atoms in total. The van der Waals surface area contributed by atoms with Crippen molar-refractivity contribution in [3.63, 3.8) is 0 Å². The van der Waals surface area contributed by atoms with Gasteiger partial charge >= 0.3 is 0 Å². The Labute approximate surface area is 152 Å². The average molecular weight is 503 g/mol. The smallest absolute Gasteiger partial charge is 0.249 e. The molecular weight excluding hydrogens is 489 g/mol. The predicted molar refractivity (Wildman–Crippen MR) is 93.2 cm³/mol. The molecule has 0 aliphatic carbocycles. The fourth-order valence-corrected chi connectivity index (χ4v) is 6.23. The van der Waals surface area contributed by atoms with Crippen molar-refractivity contribution in [2.75, 3.05) is 28.6 Å². The molecule has 0 fully saturated rings. The predicted octanol–water partition coefficient (Wildman–Crippen LogP) is 2.52. The summed E-state index contributed by atoms with van der Waals surface area (Å²) in [4.78, 5) is 3.73. The molecule has 0 unspecified atom stereocenters. The summed E-state index contributed by atoms with van der Waals surface area (Å²) in [6, 6.07) is 1.47. The van der Waals surface area contributed by atoms with Gasteiger partial charge in [0.1, 0.15) is 0 Å². The van der Waals surface area contributed by atoms with Gasteiger partial charge in [-0.1, -0.05) is 11.6 Å². The zero-order chi connectivity index (χ0) is 17.7. The summed E-state index contributed by atoms with van der Waals surface area (Å²) in [6.07, 6.45) is 0.448. The van der Waals surface area contributed by atoms with E-state index in [2.05, 4.69) is 4.98 Å². The molecule has 1 aromatic heterocycles. The standard InChI is InChI=1S/C11H14ClF2IN2O4S2/c12-10-9(15)3-6-16-11(10)17(22(18,19)7-1-4-13)23(20,21)8-2-5-14/h3,6H,1-2,4-5,7-8H2. The summed E-state index contributed by atoms with van der Waals surface area (Å²) < 4.78 is 74.5. The number of hydrogen-bond acceptors (Lipinski definition) is 5. The number of alkyl halides is 2. The minimum atomic E-state index is -4.43. The lowest BCUT2D eigenvalue weighted by Crippen LogP contribution is -2.41. The Morgan fingerprint density at radius 2 is 1.57 bits per heavy atom. The molecule has 0 aromatic carbocycles. The van der Waals surface area contributed by atoms with Crippen molar-refractivity contribution < 1.29 is 25.6 Å². The highest BCUT2D eigenvalue weighted by Crippen LogP contribution is 2.32. The first-order valence-electron chi connectivity index (χ1n) is 6.35. The van der Waals surface area contributed by atoms with Crippen LogP contribution in [0, 0.1) is 3.57 Å². The molecule has 0 N–H and O–H groups in total. The molecule has 12 heteroatoms.